The van der Waals surface area contributed by atoms with Crippen LogP contribution < -0.4 is 10.1 Å². The van der Waals surface area contributed by atoms with Gasteiger partial charge in [-0.1, -0.05) is 30.3 Å². The lowest BCUT2D eigenvalue weighted by atomic mass is 9.67. The summed E-state index contributed by atoms with van der Waals surface area (Å²) < 4.78 is 5.61. The van der Waals surface area contributed by atoms with Crippen LogP contribution in [0.4, 0.5) is 0 Å². The first-order chi connectivity index (χ1) is 11.7. The molecule has 4 rings (SSSR count). The van der Waals surface area contributed by atoms with E-state index in [1.807, 2.05) is 0 Å². The van der Waals surface area contributed by atoms with Crippen LogP contribution in [0.25, 0.3) is 0 Å². The topological polar surface area (TPSA) is 21.3 Å². The number of methoxy groups -OCH3 is 1. The Hall–Kier alpha value is -1.80. The monoisotopic (exact) mass is 321 g/mol. The quantitative estimate of drug-likeness (QED) is 0.863. The highest BCUT2D eigenvalue weighted by atomic mass is 16.5. The maximum atomic E-state index is 5.61. The summed E-state index contributed by atoms with van der Waals surface area (Å²) in [5.41, 5.74) is 5.99. The van der Waals surface area contributed by atoms with Crippen LogP contribution in [0.1, 0.15) is 60.8 Å². The summed E-state index contributed by atoms with van der Waals surface area (Å²) in [6.07, 6.45) is 6.36. The van der Waals surface area contributed by atoms with E-state index in [-0.39, 0.29) is 5.54 Å². The van der Waals surface area contributed by atoms with Crippen LogP contribution in [0.15, 0.2) is 42.5 Å². The Kier molecular flexibility index (Phi) is 4.09. The summed E-state index contributed by atoms with van der Waals surface area (Å²) in [7, 11) is 1.78. The van der Waals surface area contributed by atoms with E-state index in [9.17, 15) is 0 Å². The van der Waals surface area contributed by atoms with Gasteiger partial charge in [0.1, 0.15) is 5.75 Å². The molecule has 0 unspecified atom stereocenters. The van der Waals surface area contributed by atoms with Crippen molar-refractivity contribution >= 4 is 0 Å². The van der Waals surface area contributed by atoms with Crippen LogP contribution in [0.5, 0.6) is 5.75 Å². The fraction of sp³-hybridized carbons (Fsp3) is 0.455. The first-order valence-electron chi connectivity index (χ1n) is 9.20. The molecule has 0 aromatic heterocycles. The Labute approximate surface area is 145 Å². The Morgan fingerprint density at radius 3 is 2.79 bits per heavy atom. The summed E-state index contributed by atoms with van der Waals surface area (Å²) in [6.45, 7) is 3.28. The first-order valence-corrected chi connectivity index (χ1v) is 9.20. The molecule has 0 saturated heterocycles. The predicted octanol–water partition coefficient (Wildman–Crippen LogP) is 4.91. The Bertz CT molecular complexity index is 724. The number of hydrogen-bond acceptors (Lipinski definition) is 2. The lowest BCUT2D eigenvalue weighted by Gasteiger charge is -2.43. The molecule has 2 aromatic rings. The lowest BCUT2D eigenvalue weighted by Crippen LogP contribution is -2.43. The van der Waals surface area contributed by atoms with Crippen LogP contribution in [0.2, 0.25) is 0 Å². The third-order valence-electron chi connectivity index (χ3n) is 5.99. The van der Waals surface area contributed by atoms with Crippen LogP contribution >= 0.6 is 0 Å². The smallest absolute Gasteiger partial charge is 0.119 e. The van der Waals surface area contributed by atoms with E-state index >= 15 is 0 Å². The summed E-state index contributed by atoms with van der Waals surface area (Å²) >= 11 is 0. The normalized spacial score (nSPS) is 25.2. The van der Waals surface area contributed by atoms with Gasteiger partial charge >= 0.3 is 0 Å². The van der Waals surface area contributed by atoms with Gasteiger partial charge < -0.3 is 10.1 Å². The van der Waals surface area contributed by atoms with E-state index in [4.69, 9.17) is 4.74 Å². The molecule has 126 valence electrons. The van der Waals surface area contributed by atoms with Gasteiger partial charge in [-0.05, 0) is 79.3 Å². The average Bonchev–Trinajstić information content (AvgIpc) is 2.64. The highest BCUT2D eigenvalue weighted by molar-refractivity contribution is 5.50. The minimum absolute atomic E-state index is 0.0301. The Morgan fingerprint density at radius 1 is 1.17 bits per heavy atom. The van der Waals surface area contributed by atoms with Crippen molar-refractivity contribution in [2.24, 2.45) is 0 Å². The van der Waals surface area contributed by atoms with Crippen molar-refractivity contribution in [1.82, 2.24) is 5.32 Å². The molecule has 2 nitrogen and oxygen atoms in total. The molecule has 0 bridgehead atoms. The summed E-state index contributed by atoms with van der Waals surface area (Å²) in [5.74, 6) is 1.76. The number of hydrogen-bond donors (Lipinski definition) is 1. The number of nitrogens with one attached hydrogen (secondary N) is 1. The lowest BCUT2D eigenvalue weighted by molar-refractivity contribution is 0.279. The van der Waals surface area contributed by atoms with Gasteiger partial charge in [0.15, 0.2) is 0 Å². The maximum absolute atomic E-state index is 5.61. The van der Waals surface area contributed by atoms with Crippen LogP contribution in [-0.2, 0) is 18.5 Å². The highest BCUT2D eigenvalue weighted by Crippen LogP contribution is 2.48. The van der Waals surface area contributed by atoms with Gasteiger partial charge in [-0.3, -0.25) is 0 Å². The molecule has 0 amide bonds. The molecule has 1 N–H and O–H groups in total. The molecular weight excluding hydrogens is 294 g/mol. The number of rotatable bonds is 4. The third kappa shape index (κ3) is 2.73. The highest BCUT2D eigenvalue weighted by Gasteiger charge is 2.38. The largest absolute Gasteiger partial charge is 0.497 e. The zero-order valence-electron chi connectivity index (χ0n) is 14.8. The van der Waals surface area contributed by atoms with Gasteiger partial charge in [-0.2, -0.15) is 0 Å². The molecule has 0 saturated carbocycles. The number of benzene rings is 2. The Morgan fingerprint density at radius 2 is 2.00 bits per heavy atom. The van der Waals surface area contributed by atoms with Crippen molar-refractivity contribution in [2.45, 2.75) is 57.0 Å². The second-order valence-corrected chi connectivity index (χ2v) is 7.55. The SMILES string of the molecule is COc1cc2c3c(c1)[C@](C)(NCc1ccccc1)CC[C@H]3CCC2. The third-order valence-corrected chi connectivity index (χ3v) is 5.99. The minimum atomic E-state index is 0.0301. The minimum Gasteiger partial charge on any atom is -0.497 e. The summed E-state index contributed by atoms with van der Waals surface area (Å²) in [5, 5.41) is 3.86. The van der Waals surface area contributed by atoms with Crippen LogP contribution in [0, 0.1) is 0 Å². The Balaban J connectivity index is 1.70. The molecule has 0 heterocycles. The predicted molar refractivity (Wildman–Crippen MR) is 98.5 cm³/mol. The van der Waals surface area contributed by atoms with Crippen LogP contribution in [-0.4, -0.2) is 7.11 Å². The molecule has 2 atom stereocenters. The van der Waals surface area contributed by atoms with Crippen molar-refractivity contribution in [3.63, 3.8) is 0 Å². The van der Waals surface area contributed by atoms with E-state index in [1.54, 1.807) is 12.7 Å². The molecule has 2 aliphatic rings. The summed E-state index contributed by atoms with van der Waals surface area (Å²) in [4.78, 5) is 0. The van der Waals surface area contributed by atoms with Crippen molar-refractivity contribution < 1.29 is 4.74 Å². The van der Waals surface area contributed by atoms with Gasteiger partial charge in [0.05, 0.1) is 7.11 Å². The molecule has 2 aliphatic carbocycles. The molecule has 0 radical (unpaired) electrons. The van der Waals surface area contributed by atoms with E-state index in [0.29, 0.717) is 0 Å². The fourth-order valence-corrected chi connectivity index (χ4v) is 4.59. The van der Waals surface area contributed by atoms with Crippen LogP contribution in [0.3, 0.4) is 0 Å². The zero-order chi connectivity index (χ0) is 16.6. The van der Waals surface area contributed by atoms with E-state index in [0.717, 1.165) is 18.2 Å². The molecular formula is C22H27NO. The van der Waals surface area contributed by atoms with Gasteiger partial charge in [0.2, 0.25) is 0 Å². The molecule has 2 heteroatoms. The average molecular weight is 321 g/mol. The first kappa shape index (κ1) is 15.7. The fourth-order valence-electron chi connectivity index (χ4n) is 4.59. The molecule has 0 aliphatic heterocycles. The zero-order valence-corrected chi connectivity index (χ0v) is 14.8. The number of ether oxygens (including phenoxy) is 1. The van der Waals surface area contributed by atoms with Gasteiger partial charge in [-0.25, -0.2) is 0 Å². The standard InChI is InChI=1S/C22H27NO/c1-22(23-15-16-7-4-3-5-8-16)12-11-17-9-6-10-18-13-19(24-2)14-20(22)21(17)18/h3-5,7-8,13-14,17,23H,6,9-12,15H2,1-2H3/t17-,22-/m1/s1. The van der Waals surface area contributed by atoms with Crippen molar-refractivity contribution in [2.75, 3.05) is 7.11 Å². The second-order valence-electron chi connectivity index (χ2n) is 7.55. The van der Waals surface area contributed by atoms with Crippen molar-refractivity contribution in [3.05, 3.63) is 64.7 Å². The molecule has 0 fully saturated rings. The van der Waals surface area contributed by atoms with Gasteiger partial charge in [0.25, 0.3) is 0 Å². The molecule has 2 aromatic carbocycles. The van der Waals surface area contributed by atoms with Gasteiger partial charge in [0, 0.05) is 12.1 Å². The number of aryl methyl sites for hydroxylation is 1. The van der Waals surface area contributed by atoms with Crippen molar-refractivity contribution in [3.8, 4) is 5.75 Å². The molecule has 24 heavy (non-hydrogen) atoms. The van der Waals surface area contributed by atoms with E-state index < -0.39 is 0 Å². The van der Waals surface area contributed by atoms with E-state index in [2.05, 4.69) is 54.7 Å². The maximum Gasteiger partial charge on any atom is 0.119 e. The van der Waals surface area contributed by atoms with E-state index in [1.165, 1.54) is 48.8 Å². The molecule has 0 spiro atoms. The van der Waals surface area contributed by atoms with Gasteiger partial charge in [-0.15, -0.1) is 0 Å². The summed E-state index contributed by atoms with van der Waals surface area (Å²) in [6, 6.07) is 15.3. The second kappa shape index (κ2) is 6.25. The van der Waals surface area contributed by atoms with Crippen molar-refractivity contribution in [1.29, 1.82) is 0 Å².